The number of amides is 1. The topological polar surface area (TPSA) is 70.5 Å². The van der Waals surface area contributed by atoms with E-state index in [2.05, 4.69) is 4.98 Å². The highest BCUT2D eigenvalue weighted by molar-refractivity contribution is 7.09. The highest BCUT2D eigenvalue weighted by Crippen LogP contribution is 2.42. The fourth-order valence-electron chi connectivity index (χ4n) is 2.60. The van der Waals surface area contributed by atoms with E-state index >= 15 is 0 Å². The number of aliphatic carboxylic acids is 1. The molecule has 0 spiro atoms. The lowest BCUT2D eigenvalue weighted by Gasteiger charge is -2.37. The first kappa shape index (κ1) is 14.0. The fraction of sp³-hybridized carbons (Fsp3) is 0.615. The van der Waals surface area contributed by atoms with Crippen molar-refractivity contribution < 1.29 is 14.7 Å². The largest absolute Gasteiger partial charge is 0.481 e. The zero-order chi connectivity index (χ0) is 14.4. The van der Waals surface area contributed by atoms with Gasteiger partial charge in [-0.2, -0.15) is 0 Å². The SMILES string of the molecule is Cc1nc(C2C(C(=O)O)CC(=O)N2C(C)(C)C)cs1. The molecule has 0 saturated carbocycles. The first-order valence-electron chi connectivity index (χ1n) is 6.19. The summed E-state index contributed by atoms with van der Waals surface area (Å²) in [5, 5.41) is 12.1. The molecule has 2 atom stereocenters. The Balaban J connectivity index is 2.47. The number of rotatable bonds is 2. The lowest BCUT2D eigenvalue weighted by Crippen LogP contribution is -2.44. The van der Waals surface area contributed by atoms with Crippen LogP contribution in [0.25, 0.3) is 0 Å². The monoisotopic (exact) mass is 282 g/mol. The number of nitrogens with zero attached hydrogens (tertiary/aromatic N) is 2. The Morgan fingerprint density at radius 2 is 2.16 bits per heavy atom. The molecule has 5 nitrogen and oxygen atoms in total. The zero-order valence-corrected chi connectivity index (χ0v) is 12.3. The van der Waals surface area contributed by atoms with Crippen LogP contribution in [-0.4, -0.2) is 32.4 Å². The Kier molecular flexibility index (Phi) is 3.38. The molecule has 2 heterocycles. The van der Waals surface area contributed by atoms with Crippen molar-refractivity contribution in [2.45, 2.75) is 45.7 Å². The number of carboxylic acids is 1. The standard InChI is InChI=1S/C13H18N2O3S/c1-7-14-9(6-19-7)11-8(12(17)18)5-10(16)15(11)13(2,3)4/h6,8,11H,5H2,1-4H3,(H,17,18). The van der Waals surface area contributed by atoms with Gasteiger partial charge in [0.05, 0.1) is 22.7 Å². The minimum atomic E-state index is -0.934. The van der Waals surface area contributed by atoms with Gasteiger partial charge in [0.2, 0.25) is 5.91 Å². The number of aryl methyl sites for hydroxylation is 1. The van der Waals surface area contributed by atoms with Crippen LogP contribution in [0.15, 0.2) is 5.38 Å². The van der Waals surface area contributed by atoms with Crippen LogP contribution in [0.1, 0.15) is 43.9 Å². The summed E-state index contributed by atoms with van der Waals surface area (Å²) in [5.41, 5.74) is 0.277. The Hall–Kier alpha value is -1.43. The summed E-state index contributed by atoms with van der Waals surface area (Å²) in [4.78, 5) is 29.6. The molecule has 0 bridgehead atoms. The number of likely N-dealkylation sites (tertiary alicyclic amines) is 1. The van der Waals surface area contributed by atoms with Crippen LogP contribution < -0.4 is 0 Å². The molecule has 19 heavy (non-hydrogen) atoms. The number of thiazole rings is 1. The van der Waals surface area contributed by atoms with E-state index in [4.69, 9.17) is 0 Å². The van der Waals surface area contributed by atoms with Crippen molar-refractivity contribution >= 4 is 23.2 Å². The zero-order valence-electron chi connectivity index (χ0n) is 11.5. The highest BCUT2D eigenvalue weighted by atomic mass is 32.1. The van der Waals surface area contributed by atoms with E-state index in [0.29, 0.717) is 5.69 Å². The molecule has 104 valence electrons. The third-order valence-electron chi connectivity index (χ3n) is 3.30. The molecule has 2 rings (SSSR count). The molecule has 0 aliphatic carbocycles. The first-order chi connectivity index (χ1) is 8.71. The van der Waals surface area contributed by atoms with Crippen LogP contribution in [0.4, 0.5) is 0 Å². The van der Waals surface area contributed by atoms with Crippen molar-refractivity contribution in [1.82, 2.24) is 9.88 Å². The molecular formula is C13H18N2O3S. The molecule has 6 heteroatoms. The number of hydrogen-bond acceptors (Lipinski definition) is 4. The van der Waals surface area contributed by atoms with Crippen LogP contribution >= 0.6 is 11.3 Å². The van der Waals surface area contributed by atoms with Gasteiger partial charge >= 0.3 is 5.97 Å². The molecular weight excluding hydrogens is 264 g/mol. The summed E-state index contributed by atoms with van der Waals surface area (Å²) in [6.07, 6.45) is 0.0494. The van der Waals surface area contributed by atoms with Crippen LogP contribution in [-0.2, 0) is 9.59 Å². The summed E-state index contributed by atoms with van der Waals surface area (Å²) in [7, 11) is 0. The van der Waals surface area contributed by atoms with Crippen LogP contribution in [0.2, 0.25) is 0 Å². The molecule has 1 saturated heterocycles. The summed E-state index contributed by atoms with van der Waals surface area (Å²) >= 11 is 1.48. The Morgan fingerprint density at radius 1 is 1.53 bits per heavy atom. The predicted octanol–water partition coefficient (Wildman–Crippen LogP) is 2.22. The molecule has 1 aliphatic rings. The molecule has 1 fully saturated rings. The second kappa shape index (κ2) is 4.59. The third-order valence-corrected chi connectivity index (χ3v) is 4.09. The van der Waals surface area contributed by atoms with E-state index in [1.807, 2.05) is 33.1 Å². The van der Waals surface area contributed by atoms with Gasteiger partial charge < -0.3 is 10.0 Å². The van der Waals surface area contributed by atoms with Gasteiger partial charge in [-0.3, -0.25) is 9.59 Å². The third kappa shape index (κ3) is 2.49. The van der Waals surface area contributed by atoms with E-state index < -0.39 is 23.5 Å². The van der Waals surface area contributed by atoms with Gasteiger partial charge in [-0.15, -0.1) is 11.3 Å². The second-order valence-electron chi connectivity index (χ2n) is 5.82. The summed E-state index contributed by atoms with van der Waals surface area (Å²) in [6, 6.07) is -0.463. The van der Waals surface area contributed by atoms with Crippen molar-refractivity contribution in [2.24, 2.45) is 5.92 Å². The molecule has 1 aromatic rings. The number of hydrogen-bond donors (Lipinski definition) is 1. The smallest absolute Gasteiger partial charge is 0.309 e. The lowest BCUT2D eigenvalue weighted by atomic mass is 9.96. The van der Waals surface area contributed by atoms with Gasteiger partial charge in [0.15, 0.2) is 0 Å². The van der Waals surface area contributed by atoms with E-state index in [1.54, 1.807) is 4.90 Å². The van der Waals surface area contributed by atoms with Gasteiger partial charge in [0.25, 0.3) is 0 Å². The maximum Gasteiger partial charge on any atom is 0.309 e. The van der Waals surface area contributed by atoms with Crippen LogP contribution in [0.3, 0.4) is 0 Å². The van der Waals surface area contributed by atoms with Gasteiger partial charge in [-0.05, 0) is 27.7 Å². The number of carboxylic acid groups (broad SMARTS) is 1. The molecule has 0 aromatic carbocycles. The van der Waals surface area contributed by atoms with Gasteiger partial charge in [-0.25, -0.2) is 4.98 Å². The average molecular weight is 282 g/mol. The van der Waals surface area contributed by atoms with Gasteiger partial charge in [0, 0.05) is 17.3 Å². The maximum absolute atomic E-state index is 12.2. The minimum absolute atomic E-state index is 0.0494. The summed E-state index contributed by atoms with van der Waals surface area (Å²) in [6.45, 7) is 7.63. The fourth-order valence-corrected chi connectivity index (χ4v) is 3.24. The molecule has 1 N–H and O–H groups in total. The summed E-state index contributed by atoms with van der Waals surface area (Å²) in [5.74, 6) is -1.76. The quantitative estimate of drug-likeness (QED) is 0.903. The summed E-state index contributed by atoms with van der Waals surface area (Å²) < 4.78 is 0. The van der Waals surface area contributed by atoms with Crippen LogP contribution in [0.5, 0.6) is 0 Å². The van der Waals surface area contributed by atoms with Crippen molar-refractivity contribution in [2.75, 3.05) is 0 Å². The van der Waals surface area contributed by atoms with Gasteiger partial charge in [0.1, 0.15) is 0 Å². The van der Waals surface area contributed by atoms with E-state index in [0.717, 1.165) is 5.01 Å². The van der Waals surface area contributed by atoms with E-state index in [-0.39, 0.29) is 12.3 Å². The predicted molar refractivity (Wildman–Crippen MR) is 71.9 cm³/mol. The Bertz CT molecular complexity index is 518. The van der Waals surface area contributed by atoms with Crippen LogP contribution in [0, 0.1) is 12.8 Å². The second-order valence-corrected chi connectivity index (χ2v) is 6.88. The van der Waals surface area contributed by atoms with E-state index in [9.17, 15) is 14.7 Å². The number of aromatic nitrogens is 1. The molecule has 0 radical (unpaired) electrons. The molecule has 1 aliphatic heterocycles. The van der Waals surface area contributed by atoms with Crippen molar-refractivity contribution in [1.29, 1.82) is 0 Å². The van der Waals surface area contributed by atoms with Gasteiger partial charge in [-0.1, -0.05) is 0 Å². The first-order valence-corrected chi connectivity index (χ1v) is 7.07. The number of carbonyl (C=O) groups excluding carboxylic acids is 1. The van der Waals surface area contributed by atoms with Crippen molar-refractivity contribution in [3.05, 3.63) is 16.1 Å². The van der Waals surface area contributed by atoms with Crippen molar-refractivity contribution in [3.8, 4) is 0 Å². The molecule has 1 amide bonds. The molecule has 1 aromatic heterocycles. The molecule has 2 unspecified atom stereocenters. The van der Waals surface area contributed by atoms with Crippen molar-refractivity contribution in [3.63, 3.8) is 0 Å². The normalized spacial score (nSPS) is 24.0. The number of carbonyl (C=O) groups is 2. The minimum Gasteiger partial charge on any atom is -0.481 e. The van der Waals surface area contributed by atoms with E-state index in [1.165, 1.54) is 11.3 Å². The Labute approximate surface area is 116 Å². The highest BCUT2D eigenvalue weighted by Gasteiger charge is 2.49. The maximum atomic E-state index is 12.2. The average Bonchev–Trinajstić information content (AvgIpc) is 2.80. The lowest BCUT2D eigenvalue weighted by molar-refractivity contribution is -0.143. The Morgan fingerprint density at radius 3 is 2.58 bits per heavy atom.